The lowest BCUT2D eigenvalue weighted by atomic mass is 10.2. The predicted octanol–water partition coefficient (Wildman–Crippen LogP) is 0.724. The molecule has 0 aromatic carbocycles. The van der Waals surface area contributed by atoms with Gasteiger partial charge in [0.2, 0.25) is 5.95 Å². The Morgan fingerprint density at radius 2 is 2.25 bits per heavy atom. The van der Waals surface area contributed by atoms with E-state index in [1.165, 1.54) is 0 Å². The summed E-state index contributed by atoms with van der Waals surface area (Å²) in [6.45, 7) is 3.29. The van der Waals surface area contributed by atoms with Crippen molar-refractivity contribution in [1.29, 1.82) is 0 Å². The Kier molecular flexibility index (Phi) is 4.81. The number of rotatable bonds is 5. The Bertz CT molecular complexity index is 422. The van der Waals surface area contributed by atoms with Gasteiger partial charge in [0, 0.05) is 32.1 Å². The first kappa shape index (κ1) is 15.0. The lowest BCUT2D eigenvalue weighted by Gasteiger charge is -2.30. The first-order valence-corrected chi connectivity index (χ1v) is 6.48. The Morgan fingerprint density at radius 1 is 1.45 bits per heavy atom. The number of hydrogen-bond acceptors (Lipinski definition) is 5. The van der Waals surface area contributed by atoms with E-state index in [0.29, 0.717) is 17.8 Å². The number of H-pyrrole nitrogens is 1. The normalized spacial score (nSPS) is 20.4. The van der Waals surface area contributed by atoms with E-state index in [2.05, 4.69) is 32.2 Å². The number of alkyl halides is 3. The van der Waals surface area contributed by atoms with E-state index >= 15 is 0 Å². The van der Waals surface area contributed by atoms with Gasteiger partial charge in [0.15, 0.2) is 0 Å². The van der Waals surface area contributed by atoms with Gasteiger partial charge < -0.3 is 15.0 Å². The van der Waals surface area contributed by atoms with Gasteiger partial charge >= 0.3 is 6.18 Å². The van der Waals surface area contributed by atoms with Gasteiger partial charge in [-0.2, -0.15) is 18.2 Å². The fourth-order valence-corrected chi connectivity index (χ4v) is 2.01. The minimum atomic E-state index is -4.29. The zero-order chi connectivity index (χ0) is 14.6. The van der Waals surface area contributed by atoms with Gasteiger partial charge in [-0.05, 0) is 6.92 Å². The first-order valence-electron chi connectivity index (χ1n) is 6.48. The molecule has 0 amide bonds. The van der Waals surface area contributed by atoms with Crippen LogP contribution in [-0.4, -0.2) is 60.2 Å². The van der Waals surface area contributed by atoms with Crippen molar-refractivity contribution in [3.05, 3.63) is 5.82 Å². The third-order valence-corrected chi connectivity index (χ3v) is 2.92. The molecule has 1 atom stereocenters. The highest BCUT2D eigenvalue weighted by Crippen LogP contribution is 2.14. The second-order valence-corrected chi connectivity index (χ2v) is 4.80. The molecule has 114 valence electrons. The molecule has 1 unspecified atom stereocenters. The van der Waals surface area contributed by atoms with Crippen LogP contribution >= 0.6 is 0 Å². The molecular formula is C11H18F3N5O. The van der Waals surface area contributed by atoms with E-state index < -0.39 is 12.8 Å². The average Bonchev–Trinajstić information content (AvgIpc) is 2.82. The van der Waals surface area contributed by atoms with E-state index in [0.717, 1.165) is 19.6 Å². The summed E-state index contributed by atoms with van der Waals surface area (Å²) in [4.78, 5) is 6.31. The maximum absolute atomic E-state index is 11.9. The molecule has 1 aliphatic heterocycles. The van der Waals surface area contributed by atoms with Crippen LogP contribution in [-0.2, 0) is 11.2 Å². The first-order chi connectivity index (χ1) is 9.44. The molecule has 1 aromatic heterocycles. The molecule has 0 aliphatic carbocycles. The zero-order valence-corrected chi connectivity index (χ0v) is 11.2. The quantitative estimate of drug-likeness (QED) is 0.783. The second-order valence-electron chi connectivity index (χ2n) is 4.80. The number of aromatic amines is 1. The predicted molar refractivity (Wildman–Crippen MR) is 66.6 cm³/mol. The second kappa shape index (κ2) is 6.40. The van der Waals surface area contributed by atoms with Gasteiger partial charge in [0.25, 0.3) is 0 Å². The van der Waals surface area contributed by atoms with Crippen LogP contribution in [0.2, 0.25) is 0 Å². The van der Waals surface area contributed by atoms with Crippen molar-refractivity contribution in [2.24, 2.45) is 0 Å². The molecule has 6 nitrogen and oxygen atoms in total. The number of ether oxygens (including phenoxy) is 1. The SMILES string of the molecule is CC1CN(c2n[nH]c(CCOCC(F)(F)F)n2)CCN1. The molecule has 2 heterocycles. The van der Waals surface area contributed by atoms with Gasteiger partial charge in [-0.15, -0.1) is 5.10 Å². The van der Waals surface area contributed by atoms with E-state index in [4.69, 9.17) is 0 Å². The zero-order valence-electron chi connectivity index (χ0n) is 11.2. The smallest absolute Gasteiger partial charge is 0.372 e. The van der Waals surface area contributed by atoms with E-state index in [-0.39, 0.29) is 13.0 Å². The molecule has 1 fully saturated rings. The number of halogens is 3. The van der Waals surface area contributed by atoms with Crippen molar-refractivity contribution in [2.75, 3.05) is 37.7 Å². The molecule has 0 spiro atoms. The van der Waals surface area contributed by atoms with Crippen LogP contribution in [0.1, 0.15) is 12.7 Å². The van der Waals surface area contributed by atoms with Gasteiger partial charge in [-0.3, -0.25) is 5.10 Å². The minimum Gasteiger partial charge on any atom is -0.372 e. The highest BCUT2D eigenvalue weighted by molar-refractivity contribution is 5.30. The number of nitrogens with zero attached hydrogens (tertiary/aromatic N) is 3. The summed E-state index contributed by atoms with van der Waals surface area (Å²) < 4.78 is 40.2. The lowest BCUT2D eigenvalue weighted by Crippen LogP contribution is -2.49. The highest BCUT2D eigenvalue weighted by atomic mass is 19.4. The van der Waals surface area contributed by atoms with Gasteiger partial charge in [-0.1, -0.05) is 0 Å². The van der Waals surface area contributed by atoms with Crippen LogP contribution in [0.5, 0.6) is 0 Å². The Balaban J connectivity index is 1.77. The van der Waals surface area contributed by atoms with Crippen molar-refractivity contribution in [1.82, 2.24) is 20.5 Å². The molecule has 0 saturated carbocycles. The summed E-state index contributed by atoms with van der Waals surface area (Å²) in [6.07, 6.45) is -4.01. The fraction of sp³-hybridized carbons (Fsp3) is 0.818. The van der Waals surface area contributed by atoms with Crippen LogP contribution in [0.15, 0.2) is 0 Å². The fourth-order valence-electron chi connectivity index (χ4n) is 2.01. The van der Waals surface area contributed by atoms with Crippen LogP contribution in [0.25, 0.3) is 0 Å². The topological polar surface area (TPSA) is 66.1 Å². The molecule has 0 radical (unpaired) electrons. The Labute approximate surface area is 114 Å². The number of nitrogens with one attached hydrogen (secondary N) is 2. The number of anilines is 1. The third kappa shape index (κ3) is 4.64. The maximum atomic E-state index is 11.9. The van der Waals surface area contributed by atoms with E-state index in [1.54, 1.807) is 0 Å². The van der Waals surface area contributed by atoms with Crippen LogP contribution < -0.4 is 10.2 Å². The largest absolute Gasteiger partial charge is 0.411 e. The summed E-state index contributed by atoms with van der Waals surface area (Å²) in [5.41, 5.74) is 0. The van der Waals surface area contributed by atoms with Crippen molar-refractivity contribution >= 4 is 5.95 Å². The van der Waals surface area contributed by atoms with Gasteiger partial charge in [-0.25, -0.2) is 0 Å². The highest BCUT2D eigenvalue weighted by Gasteiger charge is 2.27. The molecule has 2 rings (SSSR count). The van der Waals surface area contributed by atoms with Crippen LogP contribution in [0.3, 0.4) is 0 Å². The van der Waals surface area contributed by atoms with Crippen molar-refractivity contribution in [3.63, 3.8) is 0 Å². The number of aromatic nitrogens is 3. The maximum Gasteiger partial charge on any atom is 0.411 e. The lowest BCUT2D eigenvalue weighted by molar-refractivity contribution is -0.173. The minimum absolute atomic E-state index is 0.0356. The molecule has 20 heavy (non-hydrogen) atoms. The van der Waals surface area contributed by atoms with E-state index in [9.17, 15) is 13.2 Å². The molecule has 1 aromatic rings. The molecule has 9 heteroatoms. The summed E-state index contributed by atoms with van der Waals surface area (Å²) in [5, 5.41) is 10.1. The summed E-state index contributed by atoms with van der Waals surface area (Å²) in [5.74, 6) is 1.12. The van der Waals surface area contributed by atoms with Crippen molar-refractivity contribution < 1.29 is 17.9 Å². The average molecular weight is 293 g/mol. The van der Waals surface area contributed by atoms with Crippen molar-refractivity contribution in [2.45, 2.75) is 25.6 Å². The third-order valence-electron chi connectivity index (χ3n) is 2.92. The molecule has 1 aliphatic rings. The summed E-state index contributed by atoms with van der Waals surface area (Å²) in [6, 6.07) is 0.362. The van der Waals surface area contributed by atoms with Gasteiger partial charge in [0.1, 0.15) is 12.4 Å². The number of hydrogen-bond donors (Lipinski definition) is 2. The number of piperazine rings is 1. The Hall–Kier alpha value is -1.35. The van der Waals surface area contributed by atoms with Crippen LogP contribution in [0, 0.1) is 0 Å². The standard InChI is InChI=1S/C11H18F3N5O/c1-8-6-19(4-3-15-8)10-16-9(17-18-10)2-5-20-7-11(12,13)14/h8,15H,2-7H2,1H3,(H,16,17,18). The summed E-state index contributed by atoms with van der Waals surface area (Å²) in [7, 11) is 0. The summed E-state index contributed by atoms with van der Waals surface area (Å²) >= 11 is 0. The van der Waals surface area contributed by atoms with Crippen LogP contribution in [0.4, 0.5) is 19.1 Å². The van der Waals surface area contributed by atoms with Crippen molar-refractivity contribution in [3.8, 4) is 0 Å². The molecule has 2 N–H and O–H groups in total. The van der Waals surface area contributed by atoms with Gasteiger partial charge in [0.05, 0.1) is 6.61 Å². The monoisotopic (exact) mass is 293 g/mol. The Morgan fingerprint density at radius 3 is 2.95 bits per heavy atom. The van der Waals surface area contributed by atoms with E-state index in [1.807, 2.05) is 4.90 Å². The molecule has 0 bridgehead atoms. The molecular weight excluding hydrogens is 275 g/mol. The molecule has 1 saturated heterocycles.